The summed E-state index contributed by atoms with van der Waals surface area (Å²) in [5, 5.41) is 0. The van der Waals surface area contributed by atoms with Crippen LogP contribution >= 0.6 is 0 Å². The van der Waals surface area contributed by atoms with Gasteiger partial charge >= 0.3 is 0 Å². The molecule has 2 aromatic carbocycles. The molecule has 0 radical (unpaired) electrons. The van der Waals surface area contributed by atoms with Crippen molar-refractivity contribution < 1.29 is 9.59 Å². The number of hydrogen-bond acceptors (Lipinski definition) is 4. The second kappa shape index (κ2) is 10.5. The summed E-state index contributed by atoms with van der Waals surface area (Å²) in [5.74, 6) is 0.906. The van der Waals surface area contributed by atoms with Crippen molar-refractivity contribution in [3.05, 3.63) is 57.6 Å². The molecule has 0 saturated heterocycles. The molecule has 0 N–H and O–H groups in total. The van der Waals surface area contributed by atoms with Crippen molar-refractivity contribution in [2.75, 3.05) is 0 Å². The predicted octanol–water partition coefficient (Wildman–Crippen LogP) is 7.71. The molecular weight excluding hydrogens is 384 g/mol. The van der Waals surface area contributed by atoms with Crippen LogP contribution in [0.25, 0.3) is 0 Å². The molecule has 0 aliphatic heterocycles. The summed E-state index contributed by atoms with van der Waals surface area (Å²) in [6, 6.07) is 8.45. The molecule has 4 heteroatoms. The molecule has 0 bridgehead atoms. The van der Waals surface area contributed by atoms with Crippen molar-refractivity contribution in [3.8, 4) is 0 Å². The van der Waals surface area contributed by atoms with Crippen molar-refractivity contribution >= 4 is 23.5 Å². The molecular formula is C27H34N2O2. The van der Waals surface area contributed by atoms with Crippen molar-refractivity contribution in [1.82, 2.24) is 0 Å². The second-order valence-electron chi connectivity index (χ2n) is 9.35. The van der Waals surface area contributed by atoms with Crippen LogP contribution in [0.4, 0.5) is 11.4 Å². The Balaban J connectivity index is 2.79. The summed E-state index contributed by atoms with van der Waals surface area (Å²) in [4.78, 5) is 30.7. The Kier molecular flexibility index (Phi) is 8.28. The number of nitrogens with zero attached hydrogens (tertiary/aromatic N) is 2. The minimum Gasteiger partial charge on any atom is -0.211 e. The smallest absolute Gasteiger partial charge is 0.211 e. The van der Waals surface area contributed by atoms with Gasteiger partial charge in [-0.1, -0.05) is 79.7 Å². The molecule has 4 nitrogen and oxygen atoms in total. The highest BCUT2D eigenvalue weighted by molar-refractivity contribution is 5.66. The lowest BCUT2D eigenvalue weighted by atomic mass is 9.83. The Hall–Kier alpha value is -2.80. The quantitative estimate of drug-likeness (QED) is 0.325. The Morgan fingerprint density at radius 1 is 0.613 bits per heavy atom. The lowest BCUT2D eigenvalue weighted by Gasteiger charge is -2.23. The lowest BCUT2D eigenvalue weighted by molar-refractivity contribution is 0.564. The van der Waals surface area contributed by atoms with Crippen molar-refractivity contribution in [2.24, 2.45) is 9.98 Å². The fraction of sp³-hybridized carbons (Fsp3) is 0.481. The van der Waals surface area contributed by atoms with E-state index >= 15 is 0 Å². The number of rotatable bonds is 8. The first-order chi connectivity index (χ1) is 14.6. The summed E-state index contributed by atoms with van der Waals surface area (Å²) < 4.78 is 0. The van der Waals surface area contributed by atoms with Gasteiger partial charge in [-0.15, -0.1) is 0 Å². The maximum Gasteiger partial charge on any atom is 0.240 e. The third-order valence-electron chi connectivity index (χ3n) is 5.77. The monoisotopic (exact) mass is 418 g/mol. The lowest BCUT2D eigenvalue weighted by Crippen LogP contribution is -2.06. The normalized spacial score (nSPS) is 11.2. The molecule has 2 rings (SSSR count). The second-order valence-corrected chi connectivity index (χ2v) is 9.35. The fourth-order valence-electron chi connectivity index (χ4n) is 4.41. The zero-order chi connectivity index (χ0) is 23.3. The SMILES string of the molecule is CC(C)c1ccc(Cc2ccc(C(C)C)c(N=C=O)c2C(C)C)c(C(C)C)c1N=C=O. The fourth-order valence-corrected chi connectivity index (χ4v) is 4.41. The van der Waals surface area contributed by atoms with Crippen LogP contribution in [0.5, 0.6) is 0 Å². The minimum atomic E-state index is 0.200. The first kappa shape index (κ1) is 24.5. The first-order valence-corrected chi connectivity index (χ1v) is 11.1. The molecule has 0 saturated carbocycles. The van der Waals surface area contributed by atoms with Crippen LogP contribution in [0.15, 0.2) is 34.3 Å². The predicted molar refractivity (Wildman–Crippen MR) is 128 cm³/mol. The van der Waals surface area contributed by atoms with Gasteiger partial charge in [0.2, 0.25) is 12.2 Å². The Morgan fingerprint density at radius 3 is 1.23 bits per heavy atom. The number of isocyanates is 2. The third kappa shape index (κ3) is 5.28. The molecule has 2 aromatic rings. The standard InChI is InChI=1S/C27H34N2O2/c1-16(2)22-11-9-20(24(18(5)6)26(22)28-14-30)13-21-10-12-23(17(3)4)27(29-15-31)25(21)19(7)8/h9-12,16-19H,13H2,1-8H3. The molecule has 164 valence electrons. The zero-order valence-corrected chi connectivity index (χ0v) is 20.0. The average molecular weight is 419 g/mol. The summed E-state index contributed by atoms with van der Waals surface area (Å²) in [5.41, 5.74) is 8.03. The molecule has 0 amide bonds. The molecule has 0 atom stereocenters. The van der Waals surface area contributed by atoms with Gasteiger partial charge < -0.3 is 0 Å². The van der Waals surface area contributed by atoms with Gasteiger partial charge in [-0.3, -0.25) is 0 Å². The molecule has 0 aliphatic rings. The van der Waals surface area contributed by atoms with E-state index in [4.69, 9.17) is 0 Å². The Morgan fingerprint density at radius 2 is 0.968 bits per heavy atom. The highest BCUT2D eigenvalue weighted by Gasteiger charge is 2.22. The first-order valence-electron chi connectivity index (χ1n) is 11.1. The van der Waals surface area contributed by atoms with E-state index in [-0.39, 0.29) is 23.7 Å². The third-order valence-corrected chi connectivity index (χ3v) is 5.77. The van der Waals surface area contributed by atoms with Gasteiger partial charge in [0.05, 0.1) is 11.4 Å². The van der Waals surface area contributed by atoms with Crippen molar-refractivity contribution in [1.29, 1.82) is 0 Å². The molecule has 0 aromatic heterocycles. The zero-order valence-electron chi connectivity index (χ0n) is 20.0. The molecule has 0 spiro atoms. The number of carbonyl (C=O) groups excluding carboxylic acids is 2. The Labute approximate surface area is 186 Å². The van der Waals surface area contributed by atoms with Gasteiger partial charge in [-0.25, -0.2) is 9.59 Å². The summed E-state index contributed by atoms with van der Waals surface area (Å²) >= 11 is 0. The van der Waals surface area contributed by atoms with E-state index in [1.807, 2.05) is 0 Å². The van der Waals surface area contributed by atoms with Crippen LogP contribution in [-0.4, -0.2) is 12.2 Å². The maximum absolute atomic E-state index is 11.2. The number of aliphatic imine (C=N–C) groups is 2. The molecule has 31 heavy (non-hydrogen) atoms. The molecule has 0 fully saturated rings. The van der Waals surface area contributed by atoms with E-state index < -0.39 is 0 Å². The largest absolute Gasteiger partial charge is 0.240 e. The van der Waals surface area contributed by atoms with Crippen LogP contribution in [0.1, 0.15) is 112 Å². The van der Waals surface area contributed by atoms with Gasteiger partial charge in [0.25, 0.3) is 0 Å². The van der Waals surface area contributed by atoms with E-state index in [1.165, 1.54) is 0 Å². The van der Waals surface area contributed by atoms with Crippen molar-refractivity contribution in [3.63, 3.8) is 0 Å². The maximum atomic E-state index is 11.2. The van der Waals surface area contributed by atoms with Crippen LogP contribution in [0, 0.1) is 0 Å². The van der Waals surface area contributed by atoms with Gasteiger partial charge in [0.15, 0.2) is 0 Å². The van der Waals surface area contributed by atoms with Crippen LogP contribution in [-0.2, 0) is 16.0 Å². The minimum absolute atomic E-state index is 0.200. The molecule has 0 heterocycles. The highest BCUT2D eigenvalue weighted by Crippen LogP contribution is 2.41. The molecule has 0 unspecified atom stereocenters. The van der Waals surface area contributed by atoms with E-state index in [0.29, 0.717) is 6.42 Å². The van der Waals surface area contributed by atoms with Crippen LogP contribution in [0.2, 0.25) is 0 Å². The summed E-state index contributed by atoms with van der Waals surface area (Å²) in [6.07, 6.45) is 4.20. The summed E-state index contributed by atoms with van der Waals surface area (Å²) in [6.45, 7) is 16.9. The van der Waals surface area contributed by atoms with E-state index in [0.717, 1.165) is 44.8 Å². The van der Waals surface area contributed by atoms with E-state index in [2.05, 4.69) is 89.6 Å². The van der Waals surface area contributed by atoms with Gasteiger partial charge in [-0.2, -0.15) is 9.98 Å². The van der Waals surface area contributed by atoms with Crippen LogP contribution < -0.4 is 0 Å². The van der Waals surface area contributed by atoms with Crippen molar-refractivity contribution in [2.45, 2.75) is 85.5 Å². The number of hydrogen-bond donors (Lipinski definition) is 0. The van der Waals surface area contributed by atoms with E-state index in [9.17, 15) is 9.59 Å². The van der Waals surface area contributed by atoms with Gasteiger partial charge in [0.1, 0.15) is 0 Å². The Bertz CT molecular complexity index is 952. The van der Waals surface area contributed by atoms with E-state index in [1.54, 1.807) is 12.2 Å². The van der Waals surface area contributed by atoms with Crippen LogP contribution in [0.3, 0.4) is 0 Å². The van der Waals surface area contributed by atoms with Gasteiger partial charge in [0, 0.05) is 0 Å². The highest BCUT2D eigenvalue weighted by atomic mass is 16.1. The average Bonchev–Trinajstić information content (AvgIpc) is 2.67. The molecule has 0 aliphatic carbocycles. The number of benzene rings is 2. The van der Waals surface area contributed by atoms with Gasteiger partial charge in [-0.05, 0) is 63.5 Å². The summed E-state index contributed by atoms with van der Waals surface area (Å²) in [7, 11) is 0. The topological polar surface area (TPSA) is 58.9 Å².